The first-order chi connectivity index (χ1) is 22.0. The van der Waals surface area contributed by atoms with Crippen molar-refractivity contribution in [3.8, 4) is 0 Å². The van der Waals surface area contributed by atoms with Gasteiger partial charge in [0.05, 0.1) is 42.4 Å². The number of aliphatic hydroxyl groups is 1. The lowest BCUT2D eigenvalue weighted by atomic mass is 9.95. The molecule has 1 aliphatic heterocycles. The Balaban J connectivity index is -0.000000576. The largest absolute Gasteiger partial charge is 0.481 e. The van der Waals surface area contributed by atoms with E-state index in [4.69, 9.17) is 47.3 Å². The Morgan fingerprint density at radius 1 is 0.694 bits per heavy atom. The van der Waals surface area contributed by atoms with Crippen molar-refractivity contribution in [2.75, 3.05) is 0 Å². The number of carboxylic acid groups (broad SMARTS) is 7. The van der Waals surface area contributed by atoms with Gasteiger partial charge in [-0.05, 0) is 46.8 Å². The highest BCUT2D eigenvalue weighted by atomic mass is 35.5. The molecule has 0 saturated carbocycles. The summed E-state index contributed by atoms with van der Waals surface area (Å²) in [5.41, 5.74) is -4.32. The van der Waals surface area contributed by atoms with Crippen LogP contribution in [0.2, 0.25) is 0 Å². The molecule has 0 bridgehead atoms. The van der Waals surface area contributed by atoms with Gasteiger partial charge in [-0.25, -0.2) is 14.4 Å². The number of halogens is 1. The molecular weight excluding hydrogens is 692 g/mol. The molecule has 274 valence electrons. The molecule has 4 unspecified atom stereocenters. The average Bonchev–Trinajstić information content (AvgIpc) is 3.62. The number of Topliss-reactive ketones (excluding diaryl/α,β-unsaturated/α-hetero) is 2. The molecule has 4 atom stereocenters. The van der Waals surface area contributed by atoms with E-state index in [-0.39, 0.29) is 0 Å². The fourth-order valence-electron chi connectivity index (χ4n) is 3.21. The third-order valence-electron chi connectivity index (χ3n) is 5.24. The normalized spacial score (nSPS) is 18.0. The zero-order chi connectivity index (χ0) is 39.6. The van der Waals surface area contributed by atoms with Crippen molar-refractivity contribution in [2.45, 2.75) is 83.0 Å². The lowest BCUT2D eigenvalue weighted by Gasteiger charge is -2.24. The molecule has 0 aliphatic carbocycles. The van der Waals surface area contributed by atoms with E-state index in [0.717, 1.165) is 32.9 Å². The van der Waals surface area contributed by atoms with Crippen molar-refractivity contribution in [1.29, 1.82) is 0 Å². The highest BCUT2D eigenvalue weighted by Gasteiger charge is 2.66. The second-order valence-corrected chi connectivity index (χ2v) is 10.5. The maximum atomic E-state index is 10.7. The molecular formula is C28H35ClO20. The smallest absolute Gasteiger partial charge is 0.339 e. The molecule has 0 aromatic rings. The van der Waals surface area contributed by atoms with Gasteiger partial charge >= 0.3 is 41.8 Å². The molecule has 0 radical (unpaired) electrons. The van der Waals surface area contributed by atoms with E-state index in [1.807, 2.05) is 0 Å². The molecule has 1 aliphatic rings. The highest BCUT2D eigenvalue weighted by molar-refractivity contribution is 6.31. The average molecular weight is 727 g/mol. The Bertz CT molecular complexity index is 1350. The Kier molecular flexibility index (Phi) is 21.1. The van der Waals surface area contributed by atoms with Gasteiger partial charge in [0.2, 0.25) is 5.60 Å². The molecule has 8 N–H and O–H groups in total. The lowest BCUT2D eigenvalue weighted by molar-refractivity contribution is -0.149. The fourth-order valence-corrected chi connectivity index (χ4v) is 3.29. The van der Waals surface area contributed by atoms with Gasteiger partial charge in [-0.1, -0.05) is 0 Å². The van der Waals surface area contributed by atoms with Crippen LogP contribution in [0.3, 0.4) is 0 Å². The summed E-state index contributed by atoms with van der Waals surface area (Å²) < 4.78 is 4.61. The second kappa shape index (κ2) is 21.5. The molecule has 20 nitrogen and oxygen atoms in total. The zero-order valence-electron chi connectivity index (χ0n) is 26.5. The molecule has 1 heterocycles. The van der Waals surface area contributed by atoms with E-state index in [1.54, 1.807) is 0 Å². The van der Waals surface area contributed by atoms with Crippen LogP contribution in [0.25, 0.3) is 0 Å². The number of carboxylic acids is 7. The number of aliphatic carboxylic acids is 7. The van der Waals surface area contributed by atoms with Crippen molar-refractivity contribution in [3.63, 3.8) is 0 Å². The van der Waals surface area contributed by atoms with Gasteiger partial charge in [0.15, 0.2) is 29.2 Å². The van der Waals surface area contributed by atoms with Gasteiger partial charge in [0.25, 0.3) is 0 Å². The number of allylic oxidation sites excluding steroid dienone is 2. The maximum Gasteiger partial charge on any atom is 0.339 e. The molecule has 49 heavy (non-hydrogen) atoms. The van der Waals surface area contributed by atoms with Crippen molar-refractivity contribution in [3.05, 3.63) is 23.3 Å². The van der Waals surface area contributed by atoms with Crippen molar-refractivity contribution in [1.82, 2.24) is 0 Å². The number of hydrogen-bond acceptors (Lipinski definition) is 13. The first kappa shape index (κ1) is 48.1. The predicted molar refractivity (Wildman–Crippen MR) is 159 cm³/mol. The summed E-state index contributed by atoms with van der Waals surface area (Å²) in [5.74, 6) is -11.1. The van der Waals surface area contributed by atoms with E-state index in [2.05, 4.69) is 4.74 Å². The topological polar surface area (TPSA) is 362 Å². The van der Waals surface area contributed by atoms with Crippen molar-refractivity contribution in [2.24, 2.45) is 0 Å². The number of ketones is 4. The Morgan fingerprint density at radius 2 is 1.06 bits per heavy atom. The van der Waals surface area contributed by atoms with E-state index >= 15 is 0 Å². The molecule has 1 saturated heterocycles. The van der Waals surface area contributed by atoms with Crippen LogP contribution in [-0.2, 0) is 57.5 Å². The number of alkyl halides is 1. The number of carbonyl (C=O) groups excluding carboxylic acids is 4. The zero-order valence-corrected chi connectivity index (χ0v) is 27.2. The number of carbonyl (C=O) groups is 11. The summed E-state index contributed by atoms with van der Waals surface area (Å²) in [4.78, 5) is 114. The number of epoxide rings is 1. The van der Waals surface area contributed by atoms with Crippen LogP contribution in [-0.4, -0.2) is 128 Å². The molecule has 21 heteroatoms. The van der Waals surface area contributed by atoms with Crippen LogP contribution >= 0.6 is 11.6 Å². The summed E-state index contributed by atoms with van der Waals surface area (Å²) in [5, 5.41) is 66.8. The van der Waals surface area contributed by atoms with E-state index in [1.165, 1.54) is 13.8 Å². The maximum absolute atomic E-state index is 10.7. The van der Waals surface area contributed by atoms with Gasteiger partial charge in [-0.2, -0.15) is 0 Å². The van der Waals surface area contributed by atoms with Crippen LogP contribution < -0.4 is 0 Å². The van der Waals surface area contributed by atoms with Crippen molar-refractivity contribution < 1.29 is 98.3 Å². The SMILES string of the molecule is CC(=O)/C=C(/CC(=O)O)C(=O)O.CC(=O)/C=C(\CC(=O)O)C(=O)O.CC(=O)C(Cl)C(C)(O)CC(=O)O.CC(=O)C1OC1(CC(=O)O)C(=O)O. The summed E-state index contributed by atoms with van der Waals surface area (Å²) >= 11 is 5.49. The molecule has 0 spiro atoms. The minimum atomic E-state index is -1.82. The van der Waals surface area contributed by atoms with Gasteiger partial charge in [-0.3, -0.25) is 38.4 Å². The van der Waals surface area contributed by atoms with Crippen LogP contribution in [0, 0.1) is 0 Å². The first-order valence-electron chi connectivity index (χ1n) is 13.1. The van der Waals surface area contributed by atoms with Crippen LogP contribution in [0.15, 0.2) is 23.3 Å². The quantitative estimate of drug-likeness (QED) is 0.0579. The van der Waals surface area contributed by atoms with Crippen molar-refractivity contribution >= 4 is 76.5 Å². The minimum Gasteiger partial charge on any atom is -0.481 e. The van der Waals surface area contributed by atoms with E-state index < -0.39 is 124 Å². The predicted octanol–water partition coefficient (Wildman–Crippen LogP) is -0.197. The first-order valence-corrected chi connectivity index (χ1v) is 13.5. The number of rotatable bonds is 16. The molecule has 0 aromatic heterocycles. The summed E-state index contributed by atoms with van der Waals surface area (Å²) in [6, 6.07) is 0. The summed E-state index contributed by atoms with van der Waals surface area (Å²) in [6.45, 7) is 5.90. The third kappa shape index (κ3) is 21.2. The number of hydrogen-bond donors (Lipinski definition) is 8. The third-order valence-corrected chi connectivity index (χ3v) is 6.02. The Hall–Kier alpha value is -5.34. The van der Waals surface area contributed by atoms with Gasteiger partial charge < -0.3 is 45.6 Å². The molecule has 1 rings (SSSR count). The van der Waals surface area contributed by atoms with Crippen LogP contribution in [0.4, 0.5) is 0 Å². The summed E-state index contributed by atoms with van der Waals surface area (Å²) in [7, 11) is 0. The molecule has 0 aromatic carbocycles. The standard InChI is InChI=1S/C7H11ClO4.C7H8O6.2C7H8O5/c1-4(9)6(8)7(2,12)3-5(10)11;1-3(8)5-7(13-5,6(11)12)2-4(9)10;2*1-4(8)2-5(7(11)12)3-6(9)10/h6,12H,3H2,1-2H3,(H,10,11);5H,2H2,1H3,(H,9,10)(H,11,12);2*2H,3H2,1H3,(H,9,10)(H,11,12)/b;;5-2+;5-2-. The van der Waals surface area contributed by atoms with E-state index in [0.29, 0.717) is 0 Å². The van der Waals surface area contributed by atoms with Crippen LogP contribution in [0.5, 0.6) is 0 Å². The Labute approximate surface area is 281 Å². The summed E-state index contributed by atoms with van der Waals surface area (Å²) in [6.07, 6.45) is -2.02. The van der Waals surface area contributed by atoms with E-state index in [9.17, 15) is 57.8 Å². The molecule has 1 fully saturated rings. The fraction of sp³-hybridized carbons (Fsp3) is 0.464. The number of ether oxygens (including phenoxy) is 1. The van der Waals surface area contributed by atoms with Gasteiger partial charge in [0, 0.05) is 0 Å². The Morgan fingerprint density at radius 3 is 1.24 bits per heavy atom. The monoisotopic (exact) mass is 726 g/mol. The van der Waals surface area contributed by atoms with Crippen LogP contribution in [0.1, 0.15) is 60.3 Å². The second-order valence-electron chi connectivity index (χ2n) is 10.1. The highest BCUT2D eigenvalue weighted by Crippen LogP contribution is 2.40. The lowest BCUT2D eigenvalue weighted by Crippen LogP contribution is -2.41. The molecule has 0 amide bonds. The minimum absolute atomic E-state index is 0.407. The van der Waals surface area contributed by atoms with Gasteiger partial charge in [-0.15, -0.1) is 11.6 Å². The van der Waals surface area contributed by atoms with Gasteiger partial charge in [0.1, 0.15) is 5.38 Å².